The lowest BCUT2D eigenvalue weighted by atomic mass is 10.1. The van der Waals surface area contributed by atoms with Gasteiger partial charge in [-0.25, -0.2) is 8.42 Å². The lowest BCUT2D eigenvalue weighted by molar-refractivity contribution is -0.137. The Kier molecular flexibility index (Phi) is 4.08. The quantitative estimate of drug-likeness (QED) is 0.923. The Labute approximate surface area is 114 Å². The summed E-state index contributed by atoms with van der Waals surface area (Å²) in [5.41, 5.74) is -0.784. The molecule has 1 saturated heterocycles. The topological polar surface area (TPSA) is 57.6 Å². The Bertz CT molecular complexity index is 586. The molecule has 0 radical (unpaired) electrons. The van der Waals surface area contributed by atoms with Crippen molar-refractivity contribution in [3.63, 3.8) is 0 Å². The summed E-state index contributed by atoms with van der Waals surface area (Å²) < 4.78 is 62.9. The fourth-order valence-electron chi connectivity index (χ4n) is 2.10. The van der Waals surface area contributed by atoms with Crippen LogP contribution in [0.5, 0.6) is 0 Å². The molecule has 0 amide bonds. The summed E-state index contributed by atoms with van der Waals surface area (Å²) in [6, 6.07) is 4.27. The van der Waals surface area contributed by atoms with E-state index >= 15 is 0 Å². The van der Waals surface area contributed by atoms with Crippen molar-refractivity contribution in [2.45, 2.75) is 24.5 Å². The minimum absolute atomic E-state index is 0.00128. The van der Waals surface area contributed by atoms with Gasteiger partial charge in [0.15, 0.2) is 0 Å². The molecule has 0 bridgehead atoms. The number of rotatable bonds is 3. The summed E-state index contributed by atoms with van der Waals surface area (Å²) in [5.74, 6) is -0.496. The second kappa shape index (κ2) is 5.34. The Balaban J connectivity index is 2.17. The van der Waals surface area contributed by atoms with Crippen LogP contribution >= 0.6 is 0 Å². The predicted molar refractivity (Wildman–Crippen MR) is 66.3 cm³/mol. The zero-order chi connectivity index (χ0) is 15.0. The van der Waals surface area contributed by atoms with E-state index in [1.54, 1.807) is 0 Å². The Morgan fingerprint density at radius 3 is 2.60 bits per heavy atom. The number of alkyl halides is 3. The molecule has 112 valence electrons. The zero-order valence-corrected chi connectivity index (χ0v) is 11.3. The van der Waals surface area contributed by atoms with Gasteiger partial charge < -0.3 is 5.11 Å². The van der Waals surface area contributed by atoms with Crippen LogP contribution in [0.3, 0.4) is 0 Å². The van der Waals surface area contributed by atoms with Crippen LogP contribution in [-0.2, 0) is 22.0 Å². The Hall–Kier alpha value is -1.12. The smallest absolute Gasteiger partial charge is 0.392 e. The third-order valence-corrected chi connectivity index (χ3v) is 4.94. The number of β-amino-alcohol motifs (C(OH)–C–C–N with tert-alkyl or cyclic N) is 1. The predicted octanol–water partition coefficient (Wildman–Crippen LogP) is 1.60. The molecule has 1 aliphatic heterocycles. The maximum absolute atomic E-state index is 12.6. The summed E-state index contributed by atoms with van der Waals surface area (Å²) >= 11 is 0. The molecule has 1 aromatic rings. The number of hydrogen-bond acceptors (Lipinski definition) is 3. The number of aliphatic hydroxyl groups excluding tert-OH is 1. The van der Waals surface area contributed by atoms with E-state index in [0.29, 0.717) is 6.42 Å². The summed E-state index contributed by atoms with van der Waals surface area (Å²) in [4.78, 5) is 0. The second-order valence-corrected chi connectivity index (χ2v) is 6.72. The number of nitrogens with zero attached hydrogens (tertiary/aromatic N) is 1. The molecular weight excluding hydrogens is 295 g/mol. The normalized spacial score (nSPS) is 21.3. The number of sulfonamides is 1. The van der Waals surface area contributed by atoms with Crippen LogP contribution in [0.4, 0.5) is 13.2 Å². The van der Waals surface area contributed by atoms with Gasteiger partial charge in [0.2, 0.25) is 10.0 Å². The largest absolute Gasteiger partial charge is 0.416 e. The average Bonchev–Trinajstić information content (AvgIpc) is 2.75. The summed E-state index contributed by atoms with van der Waals surface area (Å²) in [7, 11) is -3.70. The fourth-order valence-corrected chi connectivity index (χ4v) is 3.67. The third kappa shape index (κ3) is 3.50. The van der Waals surface area contributed by atoms with Gasteiger partial charge in [0.1, 0.15) is 0 Å². The first-order valence-electron chi connectivity index (χ1n) is 6.00. The van der Waals surface area contributed by atoms with E-state index in [9.17, 15) is 26.7 Å². The highest BCUT2D eigenvalue weighted by Gasteiger charge is 2.32. The van der Waals surface area contributed by atoms with Gasteiger partial charge in [-0.2, -0.15) is 17.5 Å². The molecule has 8 heteroatoms. The van der Waals surface area contributed by atoms with Crippen LogP contribution in [0.2, 0.25) is 0 Å². The molecule has 0 aliphatic carbocycles. The minimum atomic E-state index is -4.50. The first-order chi connectivity index (χ1) is 9.18. The number of aliphatic hydroxyl groups is 1. The lowest BCUT2D eigenvalue weighted by Gasteiger charge is -2.16. The van der Waals surface area contributed by atoms with Gasteiger partial charge in [-0.05, 0) is 18.1 Å². The highest BCUT2D eigenvalue weighted by Crippen LogP contribution is 2.30. The van der Waals surface area contributed by atoms with Crippen molar-refractivity contribution in [2.24, 2.45) is 0 Å². The minimum Gasteiger partial charge on any atom is -0.392 e. The molecule has 1 heterocycles. The van der Waals surface area contributed by atoms with E-state index in [-0.39, 0.29) is 18.7 Å². The van der Waals surface area contributed by atoms with E-state index < -0.39 is 33.6 Å². The van der Waals surface area contributed by atoms with Gasteiger partial charge in [-0.15, -0.1) is 0 Å². The van der Waals surface area contributed by atoms with Crippen molar-refractivity contribution in [3.05, 3.63) is 35.4 Å². The molecule has 1 aromatic carbocycles. The van der Waals surface area contributed by atoms with Crippen molar-refractivity contribution in [2.75, 3.05) is 13.1 Å². The Morgan fingerprint density at radius 1 is 1.35 bits per heavy atom. The lowest BCUT2D eigenvalue weighted by Crippen LogP contribution is -2.30. The van der Waals surface area contributed by atoms with Gasteiger partial charge in [-0.1, -0.05) is 18.2 Å². The van der Waals surface area contributed by atoms with E-state index in [4.69, 9.17) is 0 Å². The first kappa shape index (κ1) is 15.3. The van der Waals surface area contributed by atoms with Crippen LogP contribution in [0.1, 0.15) is 17.5 Å². The highest BCUT2D eigenvalue weighted by molar-refractivity contribution is 7.88. The fraction of sp³-hybridized carbons (Fsp3) is 0.500. The van der Waals surface area contributed by atoms with E-state index in [1.165, 1.54) is 12.1 Å². The van der Waals surface area contributed by atoms with Gasteiger partial charge in [0.25, 0.3) is 0 Å². The standard InChI is InChI=1S/C12H14F3NO3S/c13-12(14,15)10-3-1-2-9(6-10)8-20(18,19)16-5-4-11(17)7-16/h1-3,6,11,17H,4-5,7-8H2/t11-/m1/s1. The van der Waals surface area contributed by atoms with Gasteiger partial charge in [-0.3, -0.25) is 0 Å². The summed E-state index contributed by atoms with van der Waals surface area (Å²) in [6.45, 7) is 0.198. The molecule has 1 N–H and O–H groups in total. The molecule has 0 spiro atoms. The highest BCUT2D eigenvalue weighted by atomic mass is 32.2. The molecule has 0 aromatic heterocycles. The maximum Gasteiger partial charge on any atom is 0.416 e. The second-order valence-electron chi connectivity index (χ2n) is 4.75. The molecular formula is C12H14F3NO3S. The average molecular weight is 309 g/mol. The SMILES string of the molecule is O=S(=O)(Cc1cccc(C(F)(F)F)c1)N1CC[C@@H](O)C1. The van der Waals surface area contributed by atoms with Gasteiger partial charge in [0.05, 0.1) is 17.4 Å². The van der Waals surface area contributed by atoms with E-state index in [0.717, 1.165) is 16.4 Å². The zero-order valence-electron chi connectivity index (χ0n) is 10.5. The molecule has 0 unspecified atom stereocenters. The summed E-state index contributed by atoms with van der Waals surface area (Å²) in [6.07, 6.45) is -4.85. The maximum atomic E-state index is 12.6. The molecule has 20 heavy (non-hydrogen) atoms. The van der Waals surface area contributed by atoms with E-state index in [2.05, 4.69) is 0 Å². The van der Waals surface area contributed by atoms with Crippen molar-refractivity contribution >= 4 is 10.0 Å². The third-order valence-electron chi connectivity index (χ3n) is 3.12. The van der Waals surface area contributed by atoms with E-state index in [1.807, 2.05) is 0 Å². The van der Waals surface area contributed by atoms with Crippen LogP contribution < -0.4 is 0 Å². The van der Waals surface area contributed by atoms with Crippen LogP contribution in [0.25, 0.3) is 0 Å². The van der Waals surface area contributed by atoms with Crippen LogP contribution in [0, 0.1) is 0 Å². The molecule has 0 saturated carbocycles. The number of hydrogen-bond donors (Lipinski definition) is 1. The molecule has 2 rings (SSSR count). The molecule has 1 aliphatic rings. The summed E-state index contributed by atoms with van der Waals surface area (Å²) in [5, 5.41) is 9.32. The Morgan fingerprint density at radius 2 is 2.05 bits per heavy atom. The molecule has 1 fully saturated rings. The van der Waals surface area contributed by atoms with Crippen LogP contribution in [-0.4, -0.2) is 37.0 Å². The van der Waals surface area contributed by atoms with Crippen molar-refractivity contribution in [1.29, 1.82) is 0 Å². The number of benzene rings is 1. The van der Waals surface area contributed by atoms with Crippen molar-refractivity contribution in [3.8, 4) is 0 Å². The van der Waals surface area contributed by atoms with Crippen molar-refractivity contribution in [1.82, 2.24) is 4.31 Å². The van der Waals surface area contributed by atoms with Crippen molar-refractivity contribution < 1.29 is 26.7 Å². The molecule has 1 atom stereocenters. The van der Waals surface area contributed by atoms with Gasteiger partial charge in [0, 0.05) is 13.1 Å². The monoisotopic (exact) mass is 309 g/mol. The molecule has 4 nitrogen and oxygen atoms in total. The van der Waals surface area contributed by atoms with Gasteiger partial charge >= 0.3 is 6.18 Å². The first-order valence-corrected chi connectivity index (χ1v) is 7.61. The van der Waals surface area contributed by atoms with Crippen LogP contribution in [0.15, 0.2) is 24.3 Å². The number of halogens is 3.